The van der Waals surface area contributed by atoms with Gasteiger partial charge < -0.3 is 5.32 Å². The lowest BCUT2D eigenvalue weighted by molar-refractivity contribution is -0.120. The second-order valence-corrected chi connectivity index (χ2v) is 3.09. The molecule has 1 rings (SSSR count). The van der Waals surface area contributed by atoms with Gasteiger partial charge in [-0.3, -0.25) is 4.79 Å². The van der Waals surface area contributed by atoms with Crippen molar-refractivity contribution < 1.29 is 4.79 Å². The Morgan fingerprint density at radius 2 is 2.27 bits per heavy atom. The van der Waals surface area contributed by atoms with E-state index >= 15 is 0 Å². The first kappa shape index (κ1) is 10.6. The van der Waals surface area contributed by atoms with Crippen molar-refractivity contribution >= 4 is 5.78 Å². The summed E-state index contributed by atoms with van der Waals surface area (Å²) >= 11 is 0. The first-order valence-corrected chi connectivity index (χ1v) is 3.87. The molecule has 0 spiro atoms. The van der Waals surface area contributed by atoms with Crippen molar-refractivity contribution in [1.29, 1.82) is 0 Å². The number of hydrogen-bond acceptors (Lipinski definition) is 2. The summed E-state index contributed by atoms with van der Waals surface area (Å²) in [5.74, 6) is 0.886. The molecule has 0 aromatic rings. The van der Waals surface area contributed by atoms with Crippen LogP contribution in [-0.4, -0.2) is 18.4 Å². The van der Waals surface area contributed by atoms with Crippen molar-refractivity contribution in [3.63, 3.8) is 0 Å². The Labute approximate surface area is 69.4 Å². The molecule has 0 amide bonds. The summed E-state index contributed by atoms with van der Waals surface area (Å²) < 4.78 is 0. The molecule has 11 heavy (non-hydrogen) atoms. The van der Waals surface area contributed by atoms with Gasteiger partial charge in [0.05, 0.1) is 5.54 Å². The van der Waals surface area contributed by atoms with Gasteiger partial charge in [-0.25, -0.2) is 0 Å². The molecular formula is C9H19NO. The molecule has 1 N–H and O–H groups in total. The van der Waals surface area contributed by atoms with E-state index in [-0.39, 0.29) is 13.0 Å². The minimum absolute atomic E-state index is 0. The summed E-state index contributed by atoms with van der Waals surface area (Å²) in [5, 5.41) is 3.10. The number of hydrogen-bond donors (Lipinski definition) is 1. The van der Waals surface area contributed by atoms with E-state index in [0.717, 1.165) is 12.8 Å². The van der Waals surface area contributed by atoms with Crippen LogP contribution in [0, 0.1) is 5.92 Å². The molecule has 0 saturated heterocycles. The lowest BCUT2D eigenvalue weighted by atomic mass is 10.1. The van der Waals surface area contributed by atoms with Crippen LogP contribution in [0.25, 0.3) is 0 Å². The van der Waals surface area contributed by atoms with Crippen LogP contribution >= 0.6 is 0 Å². The van der Waals surface area contributed by atoms with Gasteiger partial charge in [0.2, 0.25) is 0 Å². The van der Waals surface area contributed by atoms with Gasteiger partial charge >= 0.3 is 0 Å². The molecule has 0 aromatic heterocycles. The van der Waals surface area contributed by atoms with E-state index in [1.165, 1.54) is 0 Å². The van der Waals surface area contributed by atoms with Gasteiger partial charge in [0.25, 0.3) is 0 Å². The summed E-state index contributed by atoms with van der Waals surface area (Å²) in [5.41, 5.74) is -0.130. The van der Waals surface area contributed by atoms with Crippen LogP contribution in [0.5, 0.6) is 0 Å². The number of ketones is 1. The molecule has 0 heterocycles. The second kappa shape index (κ2) is 3.35. The molecule has 0 bridgehead atoms. The zero-order valence-corrected chi connectivity index (χ0v) is 6.90. The molecule has 0 radical (unpaired) electrons. The monoisotopic (exact) mass is 157 g/mol. The van der Waals surface area contributed by atoms with Crippen LogP contribution in [0.2, 0.25) is 0 Å². The van der Waals surface area contributed by atoms with Gasteiger partial charge in [-0.1, -0.05) is 20.8 Å². The van der Waals surface area contributed by atoms with Crippen molar-refractivity contribution in [3.05, 3.63) is 0 Å². The molecule has 2 nitrogen and oxygen atoms in total. The maximum absolute atomic E-state index is 11.1. The van der Waals surface area contributed by atoms with Gasteiger partial charge in [-0.05, 0) is 26.3 Å². The molecule has 0 aromatic carbocycles. The third kappa shape index (κ3) is 1.45. The van der Waals surface area contributed by atoms with E-state index in [1.54, 1.807) is 6.92 Å². The Morgan fingerprint density at radius 1 is 1.73 bits per heavy atom. The molecule has 1 fully saturated rings. The predicted molar refractivity (Wildman–Crippen MR) is 47.6 cm³/mol. The molecule has 1 aliphatic rings. The van der Waals surface area contributed by atoms with E-state index in [9.17, 15) is 4.79 Å². The number of carbonyl (C=O) groups is 1. The molecule has 1 saturated carbocycles. The smallest absolute Gasteiger partial charge is 0.150 e. The van der Waals surface area contributed by atoms with Crippen LogP contribution in [0.1, 0.15) is 34.1 Å². The highest BCUT2D eigenvalue weighted by molar-refractivity contribution is 5.89. The Kier molecular flexibility index (Phi) is 3.24. The van der Waals surface area contributed by atoms with E-state index in [2.05, 4.69) is 12.2 Å². The van der Waals surface area contributed by atoms with Crippen LogP contribution in [-0.2, 0) is 4.79 Å². The molecule has 2 unspecified atom stereocenters. The zero-order chi connectivity index (χ0) is 7.78. The van der Waals surface area contributed by atoms with Gasteiger partial charge in [0.15, 0.2) is 0 Å². The lowest BCUT2D eigenvalue weighted by Crippen LogP contribution is -2.37. The average Bonchev–Trinajstić information content (AvgIpc) is 2.62. The zero-order valence-electron chi connectivity index (χ0n) is 6.90. The normalized spacial score (nSPS) is 34.3. The van der Waals surface area contributed by atoms with Crippen LogP contribution < -0.4 is 5.32 Å². The molecule has 2 atom stereocenters. The second-order valence-electron chi connectivity index (χ2n) is 3.09. The van der Waals surface area contributed by atoms with Crippen molar-refractivity contribution in [3.8, 4) is 0 Å². The number of rotatable bonds is 3. The first-order valence-electron chi connectivity index (χ1n) is 3.87. The minimum Gasteiger partial charge on any atom is -0.308 e. The number of nitrogens with one attached hydrogen (secondary N) is 1. The Bertz CT molecular complexity index is 156. The largest absolute Gasteiger partial charge is 0.308 e. The van der Waals surface area contributed by atoms with Crippen molar-refractivity contribution in [1.82, 2.24) is 5.32 Å². The summed E-state index contributed by atoms with van der Waals surface area (Å²) in [6.45, 7) is 3.80. The standard InChI is InChI=1S/C8H15NO.CH4/c1-4-7-5-8(7,9-3)6(2)10;/h7,9H,4-5H2,1-3H3;1H4. The molecule has 0 aliphatic heterocycles. The highest BCUT2D eigenvalue weighted by Crippen LogP contribution is 2.45. The summed E-state index contributed by atoms with van der Waals surface area (Å²) in [4.78, 5) is 11.1. The minimum atomic E-state index is -0.130. The summed E-state index contributed by atoms with van der Waals surface area (Å²) in [7, 11) is 1.87. The van der Waals surface area contributed by atoms with Gasteiger partial charge in [-0.2, -0.15) is 0 Å². The highest BCUT2D eigenvalue weighted by atomic mass is 16.1. The molecule has 66 valence electrons. The summed E-state index contributed by atoms with van der Waals surface area (Å²) in [6, 6.07) is 0. The lowest BCUT2D eigenvalue weighted by Gasteiger charge is -2.10. The van der Waals surface area contributed by atoms with Gasteiger partial charge in [0.1, 0.15) is 5.78 Å². The quantitative estimate of drug-likeness (QED) is 0.674. The van der Waals surface area contributed by atoms with Gasteiger partial charge in [0, 0.05) is 0 Å². The first-order chi connectivity index (χ1) is 4.67. The van der Waals surface area contributed by atoms with E-state index < -0.39 is 0 Å². The van der Waals surface area contributed by atoms with E-state index in [4.69, 9.17) is 0 Å². The fraction of sp³-hybridized carbons (Fsp3) is 0.889. The fourth-order valence-electron chi connectivity index (χ4n) is 1.74. The van der Waals surface area contributed by atoms with E-state index in [0.29, 0.717) is 11.7 Å². The number of likely N-dealkylation sites (N-methyl/N-ethyl adjacent to an activating group) is 1. The third-order valence-corrected chi connectivity index (χ3v) is 2.67. The van der Waals surface area contributed by atoms with E-state index in [1.807, 2.05) is 7.05 Å². The van der Waals surface area contributed by atoms with Crippen molar-refractivity contribution in [2.75, 3.05) is 7.05 Å². The SMILES string of the molecule is C.CCC1CC1(NC)C(C)=O. The Morgan fingerprint density at radius 3 is 2.36 bits per heavy atom. The van der Waals surface area contributed by atoms with Crippen LogP contribution in [0.3, 0.4) is 0 Å². The molecule has 1 aliphatic carbocycles. The predicted octanol–water partition coefficient (Wildman–Crippen LogP) is 1.60. The molecular weight excluding hydrogens is 138 g/mol. The summed E-state index contributed by atoms with van der Waals surface area (Å²) in [6.07, 6.45) is 2.15. The maximum atomic E-state index is 11.1. The maximum Gasteiger partial charge on any atom is 0.150 e. The number of carbonyl (C=O) groups excluding carboxylic acids is 1. The third-order valence-electron chi connectivity index (χ3n) is 2.67. The topological polar surface area (TPSA) is 29.1 Å². The Hall–Kier alpha value is -0.370. The number of Topliss-reactive ketones (excluding diaryl/α,β-unsaturated/α-hetero) is 1. The Balaban J connectivity index is 0.000001000. The van der Waals surface area contributed by atoms with Crippen LogP contribution in [0.15, 0.2) is 0 Å². The van der Waals surface area contributed by atoms with Crippen molar-refractivity contribution in [2.45, 2.75) is 39.7 Å². The highest BCUT2D eigenvalue weighted by Gasteiger charge is 2.55. The van der Waals surface area contributed by atoms with Gasteiger partial charge in [-0.15, -0.1) is 0 Å². The van der Waals surface area contributed by atoms with Crippen LogP contribution in [0.4, 0.5) is 0 Å². The average molecular weight is 157 g/mol. The van der Waals surface area contributed by atoms with Crippen molar-refractivity contribution in [2.24, 2.45) is 5.92 Å². The molecule has 2 heteroatoms. The fourth-order valence-corrected chi connectivity index (χ4v) is 1.74.